The summed E-state index contributed by atoms with van der Waals surface area (Å²) in [5.41, 5.74) is 3.32. The minimum Gasteiger partial charge on any atom is -0.349 e. The Kier molecular flexibility index (Phi) is 4.78. The molecule has 140 valence electrons. The van der Waals surface area contributed by atoms with Crippen molar-refractivity contribution in [3.63, 3.8) is 0 Å². The Morgan fingerprint density at radius 1 is 1.26 bits per heavy atom. The molecule has 0 bridgehead atoms. The Hall–Kier alpha value is -2.54. The second-order valence-corrected chi connectivity index (χ2v) is 8.54. The van der Waals surface area contributed by atoms with Gasteiger partial charge in [-0.3, -0.25) is 4.79 Å². The molecule has 3 aromatic rings. The first-order valence-corrected chi connectivity index (χ1v) is 10.1. The molecule has 0 atom stereocenters. The Morgan fingerprint density at radius 2 is 2.04 bits per heavy atom. The van der Waals surface area contributed by atoms with Gasteiger partial charge in [-0.05, 0) is 45.7 Å². The molecule has 0 unspecified atom stereocenters. The largest absolute Gasteiger partial charge is 0.349 e. The van der Waals surface area contributed by atoms with Crippen molar-refractivity contribution in [2.75, 3.05) is 0 Å². The molecule has 1 saturated carbocycles. The van der Waals surface area contributed by atoms with E-state index in [-0.39, 0.29) is 11.9 Å². The van der Waals surface area contributed by atoms with Crippen LogP contribution in [0.2, 0.25) is 0 Å². The van der Waals surface area contributed by atoms with Crippen molar-refractivity contribution in [2.24, 2.45) is 0 Å². The molecule has 7 heteroatoms. The Balaban J connectivity index is 1.62. The first-order valence-electron chi connectivity index (χ1n) is 9.29. The van der Waals surface area contributed by atoms with Gasteiger partial charge in [0.2, 0.25) is 0 Å². The van der Waals surface area contributed by atoms with Gasteiger partial charge in [-0.15, -0.1) is 11.3 Å². The van der Waals surface area contributed by atoms with Crippen LogP contribution in [0, 0.1) is 20.8 Å². The third-order valence-corrected chi connectivity index (χ3v) is 6.06. The van der Waals surface area contributed by atoms with E-state index in [0.717, 1.165) is 29.8 Å². The number of aromatic nitrogens is 4. The summed E-state index contributed by atoms with van der Waals surface area (Å²) in [6, 6.07) is 4.33. The van der Waals surface area contributed by atoms with Crippen LogP contribution in [0.4, 0.5) is 0 Å². The molecular formula is C20H23N5OS. The van der Waals surface area contributed by atoms with E-state index in [2.05, 4.69) is 40.3 Å². The highest BCUT2D eigenvalue weighted by Gasteiger charge is 2.22. The van der Waals surface area contributed by atoms with Gasteiger partial charge >= 0.3 is 0 Å². The lowest BCUT2D eigenvalue weighted by Crippen LogP contribution is -2.32. The van der Waals surface area contributed by atoms with Crippen molar-refractivity contribution >= 4 is 17.2 Å². The molecule has 0 radical (unpaired) electrons. The van der Waals surface area contributed by atoms with E-state index in [0.29, 0.717) is 11.5 Å². The standard InChI is InChI=1S/C20H23N5OS/c1-12-10-16(14(3)27-12)18-8-9-21-20(24-18)25-13(2)17(11-22-25)19(26)23-15-6-4-5-7-15/h8-11,15H,4-7H2,1-3H3,(H,23,26). The van der Waals surface area contributed by atoms with E-state index in [4.69, 9.17) is 0 Å². The second kappa shape index (κ2) is 7.23. The predicted molar refractivity (Wildman–Crippen MR) is 106 cm³/mol. The molecule has 3 heterocycles. The summed E-state index contributed by atoms with van der Waals surface area (Å²) >= 11 is 1.76. The lowest BCUT2D eigenvalue weighted by Gasteiger charge is -2.11. The van der Waals surface area contributed by atoms with Crippen LogP contribution in [0.5, 0.6) is 0 Å². The number of hydrogen-bond donors (Lipinski definition) is 1. The monoisotopic (exact) mass is 381 g/mol. The maximum atomic E-state index is 12.6. The highest BCUT2D eigenvalue weighted by Crippen LogP contribution is 2.29. The van der Waals surface area contributed by atoms with Gasteiger partial charge in [0.1, 0.15) is 0 Å². The number of hydrogen-bond acceptors (Lipinski definition) is 5. The molecule has 1 aliphatic rings. The number of thiophene rings is 1. The third kappa shape index (κ3) is 3.51. The van der Waals surface area contributed by atoms with Crippen LogP contribution in [0.3, 0.4) is 0 Å². The van der Waals surface area contributed by atoms with Gasteiger partial charge < -0.3 is 5.32 Å². The normalized spacial score (nSPS) is 14.6. The molecule has 0 saturated heterocycles. The summed E-state index contributed by atoms with van der Waals surface area (Å²) in [5.74, 6) is 0.416. The van der Waals surface area contributed by atoms with Crippen molar-refractivity contribution in [3.8, 4) is 17.2 Å². The fourth-order valence-corrected chi connectivity index (χ4v) is 4.59. The molecule has 6 nitrogen and oxygen atoms in total. The minimum absolute atomic E-state index is 0.0638. The predicted octanol–water partition coefficient (Wildman–Crippen LogP) is 3.99. The minimum atomic E-state index is -0.0638. The highest BCUT2D eigenvalue weighted by molar-refractivity contribution is 7.12. The van der Waals surface area contributed by atoms with Crippen molar-refractivity contribution in [2.45, 2.75) is 52.5 Å². The summed E-state index contributed by atoms with van der Waals surface area (Å²) in [5, 5.41) is 7.49. The Bertz CT molecular complexity index is 984. The van der Waals surface area contributed by atoms with E-state index in [1.165, 1.54) is 22.6 Å². The van der Waals surface area contributed by atoms with Gasteiger partial charge in [0.25, 0.3) is 11.9 Å². The van der Waals surface area contributed by atoms with Gasteiger partial charge in [0.05, 0.1) is 23.1 Å². The van der Waals surface area contributed by atoms with E-state index in [9.17, 15) is 4.79 Å². The molecule has 1 amide bonds. The zero-order chi connectivity index (χ0) is 19.0. The number of aryl methyl sites for hydroxylation is 2. The number of nitrogens with one attached hydrogen (secondary N) is 1. The van der Waals surface area contributed by atoms with Crippen LogP contribution in [0.1, 0.15) is 51.5 Å². The van der Waals surface area contributed by atoms with Crippen LogP contribution < -0.4 is 5.32 Å². The maximum Gasteiger partial charge on any atom is 0.254 e. The summed E-state index contributed by atoms with van der Waals surface area (Å²) in [6.45, 7) is 6.07. The van der Waals surface area contributed by atoms with Crippen LogP contribution >= 0.6 is 11.3 Å². The number of carbonyl (C=O) groups excluding carboxylic acids is 1. The van der Waals surface area contributed by atoms with E-state index in [1.807, 2.05) is 13.0 Å². The number of amides is 1. The van der Waals surface area contributed by atoms with Gasteiger partial charge in [0.15, 0.2) is 0 Å². The lowest BCUT2D eigenvalue weighted by atomic mass is 10.2. The number of rotatable bonds is 4. The van der Waals surface area contributed by atoms with E-state index < -0.39 is 0 Å². The smallest absolute Gasteiger partial charge is 0.254 e. The van der Waals surface area contributed by atoms with Crippen molar-refractivity contribution in [1.82, 2.24) is 25.1 Å². The maximum absolute atomic E-state index is 12.6. The molecular weight excluding hydrogens is 358 g/mol. The van der Waals surface area contributed by atoms with Gasteiger partial charge in [-0.1, -0.05) is 12.8 Å². The van der Waals surface area contributed by atoms with Gasteiger partial charge in [-0.25, -0.2) is 14.6 Å². The van der Waals surface area contributed by atoms with Crippen LogP contribution in [0.25, 0.3) is 17.2 Å². The van der Waals surface area contributed by atoms with E-state index >= 15 is 0 Å². The quantitative estimate of drug-likeness (QED) is 0.742. The fraction of sp³-hybridized carbons (Fsp3) is 0.400. The van der Waals surface area contributed by atoms with Crippen LogP contribution in [-0.2, 0) is 0 Å². The summed E-state index contributed by atoms with van der Waals surface area (Å²) < 4.78 is 1.64. The van der Waals surface area contributed by atoms with Gasteiger partial charge in [-0.2, -0.15) is 5.10 Å². The van der Waals surface area contributed by atoms with Crippen LogP contribution in [0.15, 0.2) is 24.5 Å². The zero-order valence-corrected chi connectivity index (χ0v) is 16.6. The highest BCUT2D eigenvalue weighted by atomic mass is 32.1. The molecule has 1 fully saturated rings. The summed E-state index contributed by atoms with van der Waals surface area (Å²) in [6.07, 6.45) is 7.84. The fourth-order valence-electron chi connectivity index (χ4n) is 3.65. The van der Waals surface area contributed by atoms with Crippen molar-refractivity contribution < 1.29 is 4.79 Å². The molecule has 4 rings (SSSR count). The average molecular weight is 382 g/mol. The summed E-state index contributed by atoms with van der Waals surface area (Å²) in [7, 11) is 0. The molecule has 3 aromatic heterocycles. The molecule has 0 aromatic carbocycles. The number of carbonyl (C=O) groups is 1. The SMILES string of the molecule is Cc1cc(-c2ccnc(-n3ncc(C(=O)NC4CCCC4)c3C)n2)c(C)s1. The first kappa shape index (κ1) is 17.9. The second-order valence-electron chi connectivity index (χ2n) is 7.08. The molecule has 27 heavy (non-hydrogen) atoms. The molecule has 0 aliphatic heterocycles. The first-order chi connectivity index (χ1) is 13.0. The van der Waals surface area contributed by atoms with Crippen molar-refractivity contribution in [3.05, 3.63) is 45.5 Å². The third-order valence-electron chi connectivity index (χ3n) is 5.09. The lowest BCUT2D eigenvalue weighted by molar-refractivity contribution is 0.0937. The van der Waals surface area contributed by atoms with Gasteiger partial charge in [0, 0.05) is 27.6 Å². The number of nitrogens with zero attached hydrogens (tertiary/aromatic N) is 4. The average Bonchev–Trinajstić information content (AvgIpc) is 3.36. The van der Waals surface area contributed by atoms with Crippen LogP contribution in [-0.4, -0.2) is 31.7 Å². The molecule has 1 aliphatic carbocycles. The zero-order valence-electron chi connectivity index (χ0n) is 15.8. The van der Waals surface area contributed by atoms with Crippen molar-refractivity contribution in [1.29, 1.82) is 0 Å². The Labute approximate surface area is 162 Å². The molecule has 1 N–H and O–H groups in total. The van der Waals surface area contributed by atoms with E-state index in [1.54, 1.807) is 28.4 Å². The topological polar surface area (TPSA) is 72.7 Å². The summed E-state index contributed by atoms with van der Waals surface area (Å²) in [4.78, 5) is 24.1. The molecule has 0 spiro atoms. The Morgan fingerprint density at radius 3 is 2.74 bits per heavy atom.